The smallest absolute Gasteiger partial charge is 0.434 e. The summed E-state index contributed by atoms with van der Waals surface area (Å²) in [4.78, 5) is 32.1. The van der Waals surface area contributed by atoms with Gasteiger partial charge in [-0.05, 0) is 25.1 Å². The Morgan fingerprint density at radius 1 is 1.11 bits per heavy atom. The van der Waals surface area contributed by atoms with E-state index >= 15 is 0 Å². The van der Waals surface area contributed by atoms with Gasteiger partial charge in [0.2, 0.25) is 0 Å². The van der Waals surface area contributed by atoms with E-state index in [1.807, 2.05) is 0 Å². The molecule has 0 fully saturated rings. The number of sulfonamides is 1. The topological polar surface area (TPSA) is 150 Å². The lowest BCUT2D eigenvalue weighted by molar-refractivity contribution is -0.396. The van der Waals surface area contributed by atoms with Crippen molar-refractivity contribution in [3.05, 3.63) is 68.8 Å². The standard InChI is InChI=1S/C15H13N3O8S2/c1-2-26-15(19)18(28(24,25)12-6-4-3-5-7-12)27-14-9-8-11(16(20)21)10-13(14)17(22)23/h3-10H,2H2,1H3. The Morgan fingerprint density at radius 3 is 2.29 bits per heavy atom. The van der Waals surface area contributed by atoms with E-state index in [-0.39, 0.29) is 32.1 Å². The van der Waals surface area contributed by atoms with Crippen LogP contribution in [0.2, 0.25) is 0 Å². The molecule has 0 aliphatic rings. The minimum atomic E-state index is -4.42. The highest BCUT2D eigenvalue weighted by molar-refractivity contribution is 8.09. The summed E-state index contributed by atoms with van der Waals surface area (Å²) in [5.41, 5.74) is -1.28. The Hall–Kier alpha value is -3.19. The largest absolute Gasteiger partial charge is 0.448 e. The van der Waals surface area contributed by atoms with Crippen molar-refractivity contribution >= 4 is 39.4 Å². The Labute approximate surface area is 163 Å². The number of non-ortho nitro benzene ring substituents is 1. The van der Waals surface area contributed by atoms with Gasteiger partial charge in [-0.3, -0.25) is 20.2 Å². The molecule has 28 heavy (non-hydrogen) atoms. The quantitative estimate of drug-likeness (QED) is 0.368. The fraction of sp³-hybridized carbons (Fsp3) is 0.133. The summed E-state index contributed by atoms with van der Waals surface area (Å²) in [6, 6.07) is 9.58. The monoisotopic (exact) mass is 427 g/mol. The van der Waals surface area contributed by atoms with Crippen LogP contribution in [-0.2, 0) is 14.8 Å². The van der Waals surface area contributed by atoms with Crippen LogP contribution < -0.4 is 0 Å². The van der Waals surface area contributed by atoms with Crippen molar-refractivity contribution < 1.29 is 27.8 Å². The summed E-state index contributed by atoms with van der Waals surface area (Å²) in [5, 5.41) is 22.1. The zero-order chi connectivity index (χ0) is 20.9. The molecule has 0 aliphatic heterocycles. The lowest BCUT2D eigenvalue weighted by Crippen LogP contribution is -2.31. The molecule has 13 heteroatoms. The van der Waals surface area contributed by atoms with Gasteiger partial charge in [0.25, 0.3) is 21.4 Å². The molecule has 148 valence electrons. The molecule has 0 saturated heterocycles. The van der Waals surface area contributed by atoms with Gasteiger partial charge in [-0.15, -0.1) is 3.71 Å². The number of rotatable bonds is 7. The number of benzene rings is 2. The maximum Gasteiger partial charge on any atom is 0.434 e. The number of amides is 1. The average molecular weight is 427 g/mol. The van der Waals surface area contributed by atoms with Crippen LogP contribution in [0.1, 0.15) is 6.92 Å². The van der Waals surface area contributed by atoms with Crippen LogP contribution in [0.5, 0.6) is 0 Å². The third-order valence-electron chi connectivity index (χ3n) is 3.21. The van der Waals surface area contributed by atoms with Crippen molar-refractivity contribution in [2.45, 2.75) is 16.7 Å². The van der Waals surface area contributed by atoms with Gasteiger partial charge in [0.15, 0.2) is 0 Å². The molecule has 0 atom stereocenters. The van der Waals surface area contributed by atoms with Gasteiger partial charge in [-0.25, -0.2) is 4.79 Å². The third-order valence-corrected chi connectivity index (χ3v) is 6.33. The minimum Gasteiger partial charge on any atom is -0.448 e. The first kappa shape index (κ1) is 21.1. The molecule has 11 nitrogen and oxygen atoms in total. The fourth-order valence-electron chi connectivity index (χ4n) is 1.98. The SMILES string of the molecule is CCOC(=O)N(Sc1ccc([N+](=O)[O-])cc1[N+](=O)[O-])S(=O)(=O)c1ccccc1. The Balaban J connectivity index is 2.54. The summed E-state index contributed by atoms with van der Waals surface area (Å²) in [6.45, 7) is 1.33. The van der Waals surface area contributed by atoms with Crippen LogP contribution in [-0.4, -0.2) is 34.7 Å². The third kappa shape index (κ3) is 4.55. The molecule has 0 aromatic heterocycles. The molecule has 2 aromatic carbocycles. The number of nitro groups is 2. The molecule has 0 N–H and O–H groups in total. The van der Waals surface area contributed by atoms with Gasteiger partial charge < -0.3 is 4.74 Å². The van der Waals surface area contributed by atoms with Gasteiger partial charge in [0, 0.05) is 18.0 Å². The lowest BCUT2D eigenvalue weighted by atomic mass is 10.3. The van der Waals surface area contributed by atoms with E-state index in [9.17, 15) is 33.4 Å². The van der Waals surface area contributed by atoms with Crippen LogP contribution in [0, 0.1) is 20.2 Å². The molecular weight excluding hydrogens is 414 g/mol. The summed E-state index contributed by atoms with van der Waals surface area (Å²) in [6.07, 6.45) is -1.26. The molecular formula is C15H13N3O8S2. The second-order valence-electron chi connectivity index (χ2n) is 5.00. The molecule has 0 aliphatic carbocycles. The van der Waals surface area contributed by atoms with E-state index in [0.717, 1.165) is 12.1 Å². The van der Waals surface area contributed by atoms with E-state index in [0.29, 0.717) is 6.07 Å². The summed E-state index contributed by atoms with van der Waals surface area (Å²) in [5.74, 6) is 0. The van der Waals surface area contributed by atoms with Gasteiger partial charge in [-0.1, -0.05) is 18.2 Å². The van der Waals surface area contributed by atoms with Gasteiger partial charge in [0.1, 0.15) is 4.90 Å². The number of nitro benzene ring substituents is 2. The van der Waals surface area contributed by atoms with Crippen molar-refractivity contribution in [2.75, 3.05) is 6.61 Å². The molecule has 1 amide bonds. The lowest BCUT2D eigenvalue weighted by Gasteiger charge is -2.20. The van der Waals surface area contributed by atoms with E-state index in [2.05, 4.69) is 0 Å². The fourth-order valence-corrected chi connectivity index (χ4v) is 4.47. The second kappa shape index (κ2) is 8.67. The van der Waals surface area contributed by atoms with Gasteiger partial charge >= 0.3 is 6.09 Å². The van der Waals surface area contributed by atoms with E-state index in [4.69, 9.17) is 4.74 Å². The molecule has 2 rings (SSSR count). The predicted octanol–water partition coefficient (Wildman–Crippen LogP) is 3.36. The zero-order valence-electron chi connectivity index (χ0n) is 14.3. The number of hydrogen-bond donors (Lipinski definition) is 0. The highest BCUT2D eigenvalue weighted by Crippen LogP contribution is 2.37. The van der Waals surface area contributed by atoms with Crippen molar-refractivity contribution in [3.63, 3.8) is 0 Å². The normalized spacial score (nSPS) is 10.9. The Bertz CT molecular complexity index is 1010. The molecule has 0 heterocycles. The number of carbonyl (C=O) groups is 1. The van der Waals surface area contributed by atoms with Crippen LogP contribution >= 0.6 is 11.9 Å². The zero-order valence-corrected chi connectivity index (χ0v) is 15.9. The second-order valence-corrected chi connectivity index (χ2v) is 8.01. The number of nitrogens with zero attached hydrogens (tertiary/aromatic N) is 3. The van der Waals surface area contributed by atoms with E-state index < -0.39 is 37.3 Å². The molecule has 0 radical (unpaired) electrons. The van der Waals surface area contributed by atoms with Crippen molar-refractivity contribution in [3.8, 4) is 0 Å². The van der Waals surface area contributed by atoms with Crippen LogP contribution in [0.4, 0.5) is 16.2 Å². The highest BCUT2D eigenvalue weighted by Gasteiger charge is 2.34. The maximum absolute atomic E-state index is 12.8. The first-order valence-electron chi connectivity index (χ1n) is 7.56. The number of carbonyl (C=O) groups excluding carboxylic acids is 1. The molecule has 0 bridgehead atoms. The van der Waals surface area contributed by atoms with Gasteiger partial charge in [-0.2, -0.15) is 8.42 Å². The Kier molecular flexibility index (Phi) is 6.53. The highest BCUT2D eigenvalue weighted by atomic mass is 32.3. The van der Waals surface area contributed by atoms with Crippen molar-refractivity contribution in [1.82, 2.24) is 3.71 Å². The molecule has 0 spiro atoms. The first-order valence-corrected chi connectivity index (χ1v) is 9.77. The summed E-state index contributed by atoms with van der Waals surface area (Å²) in [7, 11) is -4.42. The minimum absolute atomic E-state index is 0.136. The van der Waals surface area contributed by atoms with E-state index in [1.54, 1.807) is 6.07 Å². The maximum atomic E-state index is 12.8. The molecule has 0 unspecified atom stereocenters. The number of ether oxygens (including phenoxy) is 1. The summed E-state index contributed by atoms with van der Waals surface area (Å²) >= 11 is 0.220. The predicted molar refractivity (Wildman–Crippen MR) is 98.1 cm³/mol. The van der Waals surface area contributed by atoms with Crippen molar-refractivity contribution in [1.29, 1.82) is 0 Å². The van der Waals surface area contributed by atoms with Crippen LogP contribution in [0.25, 0.3) is 0 Å². The first-order chi connectivity index (χ1) is 13.2. The Morgan fingerprint density at radius 2 is 1.75 bits per heavy atom. The van der Waals surface area contributed by atoms with Gasteiger partial charge in [0.05, 0.1) is 27.4 Å². The van der Waals surface area contributed by atoms with Crippen LogP contribution in [0.15, 0.2) is 58.3 Å². The molecule has 2 aromatic rings. The van der Waals surface area contributed by atoms with E-state index in [1.165, 1.54) is 31.2 Å². The number of hydrogen-bond acceptors (Lipinski definition) is 9. The van der Waals surface area contributed by atoms with Crippen LogP contribution in [0.3, 0.4) is 0 Å². The summed E-state index contributed by atoms with van der Waals surface area (Å²) < 4.78 is 30.7. The average Bonchev–Trinajstić information content (AvgIpc) is 2.66. The molecule has 0 saturated carbocycles. The van der Waals surface area contributed by atoms with Crippen molar-refractivity contribution in [2.24, 2.45) is 0 Å².